The van der Waals surface area contributed by atoms with Gasteiger partial charge in [-0.1, -0.05) is 20.8 Å². The first-order valence-corrected chi connectivity index (χ1v) is 4.95. The van der Waals surface area contributed by atoms with Crippen LogP contribution >= 0.6 is 0 Å². The van der Waals surface area contributed by atoms with Gasteiger partial charge in [0.05, 0.1) is 6.61 Å². The van der Waals surface area contributed by atoms with E-state index in [1.54, 1.807) is 0 Å². The van der Waals surface area contributed by atoms with E-state index < -0.39 is 12.1 Å². The van der Waals surface area contributed by atoms with E-state index in [2.05, 4.69) is 25.7 Å². The van der Waals surface area contributed by atoms with Gasteiger partial charge in [0.25, 0.3) is 0 Å². The molecule has 1 unspecified atom stereocenters. The summed E-state index contributed by atoms with van der Waals surface area (Å²) in [6.45, 7) is 9.23. The van der Waals surface area contributed by atoms with Crippen LogP contribution in [0.4, 0.5) is 0 Å². The minimum atomic E-state index is -0.858. The highest BCUT2D eigenvalue weighted by Crippen LogP contribution is 2.17. The summed E-state index contributed by atoms with van der Waals surface area (Å²) in [5, 5.41) is 8.80. The van der Waals surface area contributed by atoms with E-state index in [-0.39, 0.29) is 5.41 Å². The Balaban J connectivity index is 2.44. The van der Waals surface area contributed by atoms with Gasteiger partial charge in [0.1, 0.15) is 0 Å². The smallest absolute Gasteiger partial charge is 0.334 e. The SMILES string of the molecule is CC(C)(C)CN1CCOC(C(=O)O)C1. The molecule has 0 aliphatic carbocycles. The summed E-state index contributed by atoms with van der Waals surface area (Å²) in [5.74, 6) is -0.858. The number of hydrogen-bond acceptors (Lipinski definition) is 3. The monoisotopic (exact) mass is 201 g/mol. The molecule has 14 heavy (non-hydrogen) atoms. The Kier molecular flexibility index (Phi) is 3.50. The fraction of sp³-hybridized carbons (Fsp3) is 0.900. The van der Waals surface area contributed by atoms with Gasteiger partial charge in [-0.2, -0.15) is 0 Å². The lowest BCUT2D eigenvalue weighted by atomic mass is 9.95. The van der Waals surface area contributed by atoms with Gasteiger partial charge in [-0.05, 0) is 5.41 Å². The van der Waals surface area contributed by atoms with Crippen LogP contribution in [0.5, 0.6) is 0 Å². The van der Waals surface area contributed by atoms with Crippen LogP contribution in [-0.4, -0.2) is 48.3 Å². The number of morpholine rings is 1. The summed E-state index contributed by atoms with van der Waals surface area (Å²) < 4.78 is 5.14. The summed E-state index contributed by atoms with van der Waals surface area (Å²) in [7, 11) is 0. The Labute approximate surface area is 84.8 Å². The number of carboxylic acid groups (broad SMARTS) is 1. The van der Waals surface area contributed by atoms with Crippen LogP contribution in [0.15, 0.2) is 0 Å². The molecule has 4 nitrogen and oxygen atoms in total. The van der Waals surface area contributed by atoms with Crippen molar-refractivity contribution >= 4 is 5.97 Å². The zero-order chi connectivity index (χ0) is 10.8. The maximum Gasteiger partial charge on any atom is 0.334 e. The second-order valence-corrected chi connectivity index (χ2v) is 4.99. The highest BCUT2D eigenvalue weighted by molar-refractivity contribution is 5.72. The van der Waals surface area contributed by atoms with E-state index in [1.165, 1.54) is 0 Å². The second kappa shape index (κ2) is 4.28. The van der Waals surface area contributed by atoms with E-state index in [9.17, 15) is 4.79 Å². The maximum absolute atomic E-state index is 10.7. The average Bonchev–Trinajstić information content (AvgIpc) is 2.01. The first-order valence-electron chi connectivity index (χ1n) is 4.95. The predicted molar refractivity (Wildman–Crippen MR) is 53.3 cm³/mol. The Morgan fingerprint density at radius 3 is 2.71 bits per heavy atom. The van der Waals surface area contributed by atoms with E-state index in [4.69, 9.17) is 9.84 Å². The molecule has 4 heteroatoms. The summed E-state index contributed by atoms with van der Waals surface area (Å²) in [6, 6.07) is 0. The van der Waals surface area contributed by atoms with Gasteiger partial charge in [0.2, 0.25) is 0 Å². The van der Waals surface area contributed by atoms with Gasteiger partial charge in [-0.3, -0.25) is 4.90 Å². The number of carbonyl (C=O) groups is 1. The van der Waals surface area contributed by atoms with Crippen LogP contribution in [-0.2, 0) is 9.53 Å². The van der Waals surface area contributed by atoms with Gasteiger partial charge in [0, 0.05) is 19.6 Å². The highest BCUT2D eigenvalue weighted by atomic mass is 16.5. The molecule has 0 aromatic rings. The molecule has 1 N–H and O–H groups in total. The molecule has 1 aliphatic rings. The molecule has 0 spiro atoms. The normalized spacial score (nSPS) is 24.9. The summed E-state index contributed by atoms with van der Waals surface area (Å²) in [5.41, 5.74) is 0.209. The third kappa shape index (κ3) is 3.64. The zero-order valence-corrected chi connectivity index (χ0v) is 9.12. The molecule has 0 aromatic carbocycles. The van der Waals surface area contributed by atoms with Gasteiger partial charge < -0.3 is 9.84 Å². The molecule has 0 amide bonds. The molecule has 1 fully saturated rings. The van der Waals surface area contributed by atoms with Crippen molar-refractivity contribution in [3.05, 3.63) is 0 Å². The number of ether oxygens (including phenoxy) is 1. The average molecular weight is 201 g/mol. The van der Waals surface area contributed by atoms with Gasteiger partial charge >= 0.3 is 5.97 Å². The van der Waals surface area contributed by atoms with E-state index in [0.29, 0.717) is 13.2 Å². The molecule has 82 valence electrons. The molecule has 0 bridgehead atoms. The number of rotatable bonds is 2. The third-order valence-electron chi connectivity index (χ3n) is 2.12. The molecule has 1 heterocycles. The minimum Gasteiger partial charge on any atom is -0.479 e. The molecule has 1 saturated heterocycles. The number of nitrogens with zero attached hydrogens (tertiary/aromatic N) is 1. The Bertz CT molecular complexity index is 210. The van der Waals surface area contributed by atoms with Gasteiger partial charge in [-0.25, -0.2) is 4.79 Å². The lowest BCUT2D eigenvalue weighted by molar-refractivity contribution is -0.156. The maximum atomic E-state index is 10.7. The first kappa shape index (κ1) is 11.5. The molecule has 0 aromatic heterocycles. The van der Waals surface area contributed by atoms with Gasteiger partial charge in [0.15, 0.2) is 6.10 Å². The van der Waals surface area contributed by atoms with E-state index >= 15 is 0 Å². The number of hydrogen-bond donors (Lipinski definition) is 1. The molecule has 1 atom stereocenters. The molecule has 0 saturated carbocycles. The lowest BCUT2D eigenvalue weighted by Gasteiger charge is -2.35. The topological polar surface area (TPSA) is 49.8 Å². The van der Waals surface area contributed by atoms with E-state index in [1.807, 2.05) is 0 Å². The largest absolute Gasteiger partial charge is 0.479 e. The Hall–Kier alpha value is -0.610. The Morgan fingerprint density at radius 2 is 2.21 bits per heavy atom. The van der Waals surface area contributed by atoms with Crippen molar-refractivity contribution in [2.75, 3.05) is 26.2 Å². The van der Waals surface area contributed by atoms with Crippen LogP contribution in [0.1, 0.15) is 20.8 Å². The number of aliphatic carboxylic acids is 1. The van der Waals surface area contributed by atoms with E-state index in [0.717, 1.165) is 13.1 Å². The van der Waals surface area contributed by atoms with Crippen LogP contribution < -0.4 is 0 Å². The predicted octanol–water partition coefficient (Wildman–Crippen LogP) is 0.818. The fourth-order valence-corrected chi connectivity index (χ4v) is 1.67. The van der Waals surface area contributed by atoms with Gasteiger partial charge in [-0.15, -0.1) is 0 Å². The van der Waals surface area contributed by atoms with Crippen LogP contribution in [0.2, 0.25) is 0 Å². The second-order valence-electron chi connectivity index (χ2n) is 4.99. The minimum absolute atomic E-state index is 0.209. The summed E-state index contributed by atoms with van der Waals surface area (Å²) >= 11 is 0. The van der Waals surface area contributed by atoms with Crippen molar-refractivity contribution < 1.29 is 14.6 Å². The summed E-state index contributed by atoms with van der Waals surface area (Å²) in [4.78, 5) is 12.9. The van der Waals surface area contributed by atoms with Crippen molar-refractivity contribution in [3.8, 4) is 0 Å². The van der Waals surface area contributed by atoms with Crippen molar-refractivity contribution in [2.45, 2.75) is 26.9 Å². The molecule has 1 rings (SSSR count). The van der Waals surface area contributed by atoms with Crippen molar-refractivity contribution in [1.82, 2.24) is 4.90 Å². The van der Waals surface area contributed by atoms with Crippen molar-refractivity contribution in [3.63, 3.8) is 0 Å². The molecular weight excluding hydrogens is 182 g/mol. The van der Waals surface area contributed by atoms with Crippen LogP contribution in [0, 0.1) is 5.41 Å². The van der Waals surface area contributed by atoms with Crippen LogP contribution in [0.3, 0.4) is 0 Å². The standard InChI is InChI=1S/C10H19NO3/c1-10(2,3)7-11-4-5-14-8(6-11)9(12)13/h8H,4-7H2,1-3H3,(H,12,13). The first-order chi connectivity index (χ1) is 6.38. The van der Waals surface area contributed by atoms with Crippen molar-refractivity contribution in [1.29, 1.82) is 0 Å². The molecule has 0 radical (unpaired) electrons. The quantitative estimate of drug-likeness (QED) is 0.718. The highest BCUT2D eigenvalue weighted by Gasteiger charge is 2.28. The Morgan fingerprint density at radius 1 is 1.57 bits per heavy atom. The van der Waals surface area contributed by atoms with Crippen molar-refractivity contribution in [2.24, 2.45) is 5.41 Å². The number of carboxylic acids is 1. The van der Waals surface area contributed by atoms with Crippen LogP contribution in [0.25, 0.3) is 0 Å². The summed E-state index contributed by atoms with van der Waals surface area (Å²) in [6.07, 6.45) is -0.647. The third-order valence-corrected chi connectivity index (χ3v) is 2.12. The zero-order valence-electron chi connectivity index (χ0n) is 9.12. The lowest BCUT2D eigenvalue weighted by Crippen LogP contribution is -2.48. The fourth-order valence-electron chi connectivity index (χ4n) is 1.67. The molecular formula is C10H19NO3. The molecule has 1 aliphatic heterocycles.